The Labute approximate surface area is 341 Å². The van der Waals surface area contributed by atoms with Gasteiger partial charge in [-0.3, -0.25) is 9.13 Å². The molecule has 0 spiro atoms. The molecule has 0 unspecified atom stereocenters. The molecule has 0 fully saturated rings. The average molecular weight is 728 g/mol. The Bertz CT molecular complexity index is 4480. The number of hydrogen-bond donors (Lipinski definition) is 0. The largest absolute Gasteiger partial charge is 0.294 e. The molecule has 56 heavy (non-hydrogen) atoms. The van der Waals surface area contributed by atoms with E-state index in [1.165, 1.54) is 0 Å². The van der Waals surface area contributed by atoms with Crippen LogP contribution in [0.15, 0.2) is 194 Å². The number of para-hydroxylation sites is 4. The van der Waals surface area contributed by atoms with Gasteiger partial charge >= 0.3 is 0 Å². The van der Waals surface area contributed by atoms with Gasteiger partial charge in [-0.25, -0.2) is 4.98 Å². The summed E-state index contributed by atoms with van der Waals surface area (Å²) in [6, 6.07) is 21.1. The monoisotopic (exact) mass is 727 g/mol. The highest BCUT2D eigenvalue weighted by molar-refractivity contribution is 6.10. The molecule has 4 nitrogen and oxygen atoms in total. The maximum Gasteiger partial charge on any atom is 0.237 e. The Morgan fingerprint density at radius 2 is 0.750 bits per heavy atom. The number of benzene rings is 8. The molecular formula is C52H32N4. The van der Waals surface area contributed by atoms with Crippen molar-refractivity contribution in [3.8, 4) is 23.0 Å². The smallest absolute Gasteiger partial charge is 0.237 e. The molecule has 260 valence electrons. The molecule has 0 bridgehead atoms. The van der Waals surface area contributed by atoms with Crippen molar-refractivity contribution < 1.29 is 20.6 Å². The molecule has 4 heteroatoms. The van der Waals surface area contributed by atoms with Crippen LogP contribution in [0.4, 0.5) is 0 Å². The van der Waals surface area contributed by atoms with Crippen molar-refractivity contribution in [3.63, 3.8) is 0 Å². The molecule has 0 amide bonds. The summed E-state index contributed by atoms with van der Waals surface area (Å²) in [5.41, 5.74) is 2.64. The molecule has 3 heterocycles. The van der Waals surface area contributed by atoms with Crippen LogP contribution in [0.5, 0.6) is 0 Å². The molecule has 12 rings (SSSR count). The Balaban J connectivity index is 1.40. The van der Waals surface area contributed by atoms with Crippen LogP contribution in [0.3, 0.4) is 0 Å². The minimum Gasteiger partial charge on any atom is -0.294 e. The second-order valence-corrected chi connectivity index (χ2v) is 13.4. The lowest BCUT2D eigenvalue weighted by molar-refractivity contribution is 0.952. The van der Waals surface area contributed by atoms with E-state index >= 15 is 0 Å². The maximum atomic E-state index is 10.3. The number of hydrogen-bond acceptors (Lipinski definition) is 2. The highest BCUT2D eigenvalue weighted by Gasteiger charge is 2.19. The number of nitrogens with zero attached hydrogens (tertiary/aromatic N) is 4. The van der Waals surface area contributed by atoms with Crippen molar-refractivity contribution >= 4 is 43.6 Å². The van der Waals surface area contributed by atoms with Crippen LogP contribution in [0.2, 0.25) is 0 Å². The highest BCUT2D eigenvalue weighted by Crippen LogP contribution is 2.35. The molecule has 1 aliphatic carbocycles. The van der Waals surface area contributed by atoms with E-state index in [2.05, 4.69) is 0 Å². The van der Waals surface area contributed by atoms with Gasteiger partial charge in [-0.1, -0.05) is 157 Å². The summed E-state index contributed by atoms with van der Waals surface area (Å²) in [5.74, 6) is 0.411. The molecule has 0 saturated heterocycles. The minimum atomic E-state index is -0.791. The first kappa shape index (κ1) is 19.7. The van der Waals surface area contributed by atoms with E-state index in [-0.39, 0.29) is 17.2 Å². The van der Waals surface area contributed by atoms with Crippen molar-refractivity contribution in [2.75, 3.05) is 0 Å². The Kier molecular flexibility index (Phi) is 4.21. The van der Waals surface area contributed by atoms with Crippen molar-refractivity contribution in [1.29, 1.82) is 0 Å². The molecule has 1 aliphatic rings. The van der Waals surface area contributed by atoms with Gasteiger partial charge in [0.25, 0.3) is 0 Å². The fourth-order valence-electron chi connectivity index (χ4n) is 8.04. The Hall–Kier alpha value is -7.56. The fourth-order valence-corrected chi connectivity index (χ4v) is 8.04. The summed E-state index contributed by atoms with van der Waals surface area (Å²) in [7, 11) is 0. The minimum absolute atomic E-state index is 0.0537. The van der Waals surface area contributed by atoms with E-state index in [9.17, 15) is 12.3 Å². The van der Waals surface area contributed by atoms with E-state index < -0.39 is 132 Å². The molecule has 0 saturated carbocycles. The fraction of sp³-hybridized carbons (Fsp3) is 0. The number of rotatable bonds is 3. The molecule has 11 aromatic rings. The van der Waals surface area contributed by atoms with E-state index in [0.717, 1.165) is 43.6 Å². The highest BCUT2D eigenvalue weighted by atomic mass is 15.2. The van der Waals surface area contributed by atoms with Gasteiger partial charge in [-0.2, -0.15) is 4.98 Å². The summed E-state index contributed by atoms with van der Waals surface area (Å²) in [4.78, 5) is 10.4. The van der Waals surface area contributed by atoms with Crippen molar-refractivity contribution in [2.45, 2.75) is 0 Å². The SMILES string of the molecule is [2H]c1c([2H])c([2H])c2/c(c1[2H])=c1/c([2H])c([2H])c([2H])c([2H])/c1=c1\c([2H])c([2H])c(-c3cc(-n4c5ccccc5c5ccccc54)nc(-n4c5ccccc5c5ccccc54)n3)c([2H])\c1=c1/c([2H])c([2H])c([2H])c([2H])/c1=2. The van der Waals surface area contributed by atoms with E-state index in [0.29, 0.717) is 5.82 Å². The predicted molar refractivity (Wildman–Crippen MR) is 226 cm³/mol. The summed E-state index contributed by atoms with van der Waals surface area (Å²) in [6.07, 6.45) is 0. The lowest BCUT2D eigenvalue weighted by atomic mass is 10.00. The quantitative estimate of drug-likeness (QED) is 0.182. The van der Waals surface area contributed by atoms with Crippen LogP contribution in [-0.4, -0.2) is 19.1 Å². The molecule has 8 aromatic carbocycles. The molecule has 3 aromatic heterocycles. The van der Waals surface area contributed by atoms with Crippen molar-refractivity contribution in [2.24, 2.45) is 0 Å². The van der Waals surface area contributed by atoms with Gasteiger partial charge in [0.1, 0.15) is 5.82 Å². The molecule has 0 N–H and O–H groups in total. The average Bonchev–Trinajstić information content (AvgIpc) is 3.90. The van der Waals surface area contributed by atoms with Crippen LogP contribution in [0, 0.1) is 41.7 Å². The Morgan fingerprint density at radius 1 is 0.375 bits per heavy atom. The van der Waals surface area contributed by atoms with E-state index in [1.807, 2.05) is 106 Å². The van der Waals surface area contributed by atoms with Gasteiger partial charge < -0.3 is 0 Å². The summed E-state index contributed by atoms with van der Waals surface area (Å²) >= 11 is 0. The van der Waals surface area contributed by atoms with Crippen molar-refractivity contribution in [1.82, 2.24) is 19.1 Å². The van der Waals surface area contributed by atoms with E-state index in [4.69, 9.17) is 18.2 Å². The van der Waals surface area contributed by atoms with Crippen LogP contribution in [-0.2, 0) is 0 Å². The molecule has 0 radical (unpaired) electrons. The first-order valence-electron chi connectivity index (χ1n) is 25.4. The first-order valence-corrected chi connectivity index (χ1v) is 17.9. The number of fused-ring (bicyclic) bond motifs is 10. The van der Waals surface area contributed by atoms with Gasteiger partial charge in [0.2, 0.25) is 5.95 Å². The standard InChI is InChI=1S/C52H32N4/c1-2-16-35-34(15-1)36-17-3-4-19-38(36)40-30-29-33(31-45(40)39-20-6-5-18-37(35)39)46-32-51(55-47-25-11-7-21-41(47)42-22-8-12-26-48(42)55)54-52(53-46)56-49-27-13-9-23-43(49)44-24-10-14-28-50(44)56/h1-32H/b36-34-,37-35-,40-38-,45-39-/i1D,2D,3D,4D,5D,6D,15D,16D,17D,18D,19D,20D,29D,30D,31D. The van der Waals surface area contributed by atoms with Crippen LogP contribution in [0.1, 0.15) is 20.6 Å². The van der Waals surface area contributed by atoms with Gasteiger partial charge in [-0.15, -0.1) is 0 Å². The van der Waals surface area contributed by atoms with Crippen LogP contribution < -0.4 is 0 Å². The third-order valence-corrected chi connectivity index (χ3v) is 10.4. The second kappa shape index (κ2) is 12.0. The van der Waals surface area contributed by atoms with Gasteiger partial charge in [0.05, 0.1) is 48.3 Å². The van der Waals surface area contributed by atoms with Crippen molar-refractivity contribution in [3.05, 3.63) is 236 Å². The molecular weight excluding hydrogens is 681 g/mol. The lowest BCUT2D eigenvalue weighted by Crippen LogP contribution is -2.07. The predicted octanol–water partition coefficient (Wildman–Crippen LogP) is 11.8. The van der Waals surface area contributed by atoms with Crippen LogP contribution >= 0.6 is 0 Å². The van der Waals surface area contributed by atoms with Crippen LogP contribution in [0.25, 0.3) is 66.6 Å². The van der Waals surface area contributed by atoms with Gasteiger partial charge in [-0.05, 0) is 72.1 Å². The molecule has 0 atom stereocenters. The summed E-state index contributed by atoms with van der Waals surface area (Å²) in [5, 5.41) is -0.285. The third-order valence-electron chi connectivity index (χ3n) is 10.4. The zero-order valence-corrected chi connectivity index (χ0v) is 29.1. The van der Waals surface area contributed by atoms with Gasteiger partial charge in [0.15, 0.2) is 0 Å². The lowest BCUT2D eigenvalue weighted by Gasteiger charge is -2.14. The second-order valence-electron chi connectivity index (χ2n) is 13.4. The maximum absolute atomic E-state index is 10.3. The zero-order chi connectivity index (χ0) is 49.8. The zero-order valence-electron chi connectivity index (χ0n) is 44.1. The topological polar surface area (TPSA) is 35.6 Å². The van der Waals surface area contributed by atoms with Gasteiger partial charge in [0, 0.05) is 33.2 Å². The van der Waals surface area contributed by atoms with E-state index in [1.54, 1.807) is 6.07 Å². The number of aromatic nitrogens is 4. The summed E-state index contributed by atoms with van der Waals surface area (Å²) in [6.45, 7) is 0. The third kappa shape index (κ3) is 4.47. The Morgan fingerprint density at radius 3 is 1.20 bits per heavy atom. The first-order chi connectivity index (χ1) is 34.0. The normalized spacial score (nSPS) is 18.2. The molecule has 0 aliphatic heterocycles. The summed E-state index contributed by atoms with van der Waals surface area (Å²) < 4.78 is 143.